The highest BCUT2D eigenvalue weighted by molar-refractivity contribution is 7.08. The molecule has 2 aromatic rings. The van der Waals surface area contributed by atoms with Crippen LogP contribution in [0.4, 0.5) is 8.78 Å². The molecular formula is C11H8F2O2S. The predicted molar refractivity (Wildman–Crippen MR) is 57.0 cm³/mol. The van der Waals surface area contributed by atoms with Crippen molar-refractivity contribution in [2.24, 2.45) is 0 Å². The topological polar surface area (TPSA) is 30.2 Å². The van der Waals surface area contributed by atoms with Crippen molar-refractivity contribution >= 4 is 17.1 Å². The molecule has 0 aliphatic carbocycles. The molecule has 0 fully saturated rings. The summed E-state index contributed by atoms with van der Waals surface area (Å²) in [5.41, 5.74) is 0.293. The molecule has 0 amide bonds. The average molecular weight is 242 g/mol. The van der Waals surface area contributed by atoms with Gasteiger partial charge in [-0.05, 0) is 12.1 Å². The molecule has 0 saturated heterocycles. The van der Waals surface area contributed by atoms with Gasteiger partial charge in [-0.1, -0.05) is 0 Å². The van der Waals surface area contributed by atoms with Gasteiger partial charge in [-0.3, -0.25) is 4.79 Å². The summed E-state index contributed by atoms with van der Waals surface area (Å²) in [6.45, 7) is 1.37. The predicted octanol–water partition coefficient (Wildman–Crippen LogP) is 4.15. The number of carbonyl (C=O) groups is 1. The molecule has 16 heavy (non-hydrogen) atoms. The molecule has 0 saturated carbocycles. The van der Waals surface area contributed by atoms with Gasteiger partial charge in [-0.25, -0.2) is 8.78 Å². The fraction of sp³-hybridized carbons (Fsp3) is 0.182. The van der Waals surface area contributed by atoms with E-state index < -0.39 is 6.43 Å². The van der Waals surface area contributed by atoms with E-state index >= 15 is 0 Å². The Hall–Kier alpha value is -1.49. The monoisotopic (exact) mass is 242 g/mol. The molecule has 0 unspecified atom stereocenters. The fourth-order valence-electron chi connectivity index (χ4n) is 1.35. The maximum atomic E-state index is 12.6. The lowest BCUT2D eigenvalue weighted by molar-refractivity contribution is 0.0988. The van der Waals surface area contributed by atoms with Gasteiger partial charge >= 0.3 is 0 Å². The van der Waals surface area contributed by atoms with Crippen molar-refractivity contribution < 1.29 is 18.0 Å². The lowest BCUT2D eigenvalue weighted by Crippen LogP contribution is -1.86. The van der Waals surface area contributed by atoms with E-state index in [-0.39, 0.29) is 17.1 Å². The number of rotatable bonds is 3. The molecule has 84 valence electrons. The first kappa shape index (κ1) is 11.0. The third kappa shape index (κ3) is 1.90. The normalized spacial score (nSPS) is 11.0. The van der Waals surface area contributed by atoms with Gasteiger partial charge in [0.1, 0.15) is 5.76 Å². The van der Waals surface area contributed by atoms with Crippen molar-refractivity contribution in [3.05, 3.63) is 34.2 Å². The second-order valence-corrected chi connectivity index (χ2v) is 4.01. The zero-order valence-electron chi connectivity index (χ0n) is 8.37. The van der Waals surface area contributed by atoms with Crippen LogP contribution < -0.4 is 0 Å². The molecule has 0 N–H and O–H groups in total. The molecule has 0 aromatic carbocycles. The molecule has 0 aliphatic heterocycles. The van der Waals surface area contributed by atoms with E-state index in [0.29, 0.717) is 11.3 Å². The van der Waals surface area contributed by atoms with E-state index in [2.05, 4.69) is 0 Å². The standard InChI is InChI=1S/C11H8F2O2S/c1-6(14)9-2-3-10(15-9)7-4-16-5-8(7)11(12)13/h2-5,11H,1H3. The van der Waals surface area contributed by atoms with Crippen molar-refractivity contribution in [2.45, 2.75) is 13.3 Å². The van der Waals surface area contributed by atoms with Crippen molar-refractivity contribution in [2.75, 3.05) is 0 Å². The highest BCUT2D eigenvalue weighted by Crippen LogP contribution is 2.35. The van der Waals surface area contributed by atoms with E-state index in [1.807, 2.05) is 0 Å². The Morgan fingerprint density at radius 1 is 1.38 bits per heavy atom. The molecule has 2 nitrogen and oxygen atoms in total. The van der Waals surface area contributed by atoms with Crippen LogP contribution in [0.1, 0.15) is 29.5 Å². The van der Waals surface area contributed by atoms with Crippen LogP contribution in [0.3, 0.4) is 0 Å². The van der Waals surface area contributed by atoms with Crippen molar-refractivity contribution in [3.63, 3.8) is 0 Å². The Morgan fingerprint density at radius 2 is 2.12 bits per heavy atom. The number of alkyl halides is 2. The molecule has 2 heterocycles. The Bertz CT molecular complexity index is 514. The Kier molecular flexibility index (Phi) is 2.87. The van der Waals surface area contributed by atoms with Gasteiger partial charge in [0.2, 0.25) is 0 Å². The Balaban J connectivity index is 2.42. The fourth-order valence-corrected chi connectivity index (χ4v) is 2.18. The number of thiophene rings is 1. The third-order valence-electron chi connectivity index (χ3n) is 2.15. The minimum atomic E-state index is -2.54. The number of Topliss-reactive ketones (excluding diaryl/α,β-unsaturated/α-hetero) is 1. The number of carbonyl (C=O) groups excluding carboxylic acids is 1. The number of furan rings is 1. The van der Waals surface area contributed by atoms with Crippen molar-refractivity contribution in [1.82, 2.24) is 0 Å². The van der Waals surface area contributed by atoms with Gasteiger partial charge < -0.3 is 4.42 Å². The largest absolute Gasteiger partial charge is 0.453 e. The van der Waals surface area contributed by atoms with Crippen LogP contribution in [0.25, 0.3) is 11.3 Å². The lowest BCUT2D eigenvalue weighted by atomic mass is 10.1. The number of halogens is 2. The van der Waals surface area contributed by atoms with Gasteiger partial charge in [0.25, 0.3) is 6.43 Å². The van der Waals surface area contributed by atoms with Gasteiger partial charge in [0, 0.05) is 28.8 Å². The molecule has 0 aliphatic rings. The zero-order chi connectivity index (χ0) is 11.7. The third-order valence-corrected chi connectivity index (χ3v) is 2.91. The van der Waals surface area contributed by atoms with Gasteiger partial charge in [0.15, 0.2) is 11.5 Å². The molecule has 0 radical (unpaired) electrons. The second kappa shape index (κ2) is 4.17. The summed E-state index contributed by atoms with van der Waals surface area (Å²) < 4.78 is 30.4. The summed E-state index contributed by atoms with van der Waals surface area (Å²) in [5.74, 6) is 0.267. The van der Waals surface area contributed by atoms with E-state index in [4.69, 9.17) is 4.42 Å². The highest BCUT2D eigenvalue weighted by Gasteiger charge is 2.18. The molecule has 0 bridgehead atoms. The first-order valence-corrected chi connectivity index (χ1v) is 5.49. The van der Waals surface area contributed by atoms with Gasteiger partial charge in [-0.15, -0.1) is 0 Å². The summed E-state index contributed by atoms with van der Waals surface area (Å²) in [5, 5.41) is 2.97. The summed E-state index contributed by atoms with van der Waals surface area (Å²) in [4.78, 5) is 11.0. The maximum Gasteiger partial charge on any atom is 0.265 e. The van der Waals surface area contributed by atoms with E-state index in [1.165, 1.54) is 35.8 Å². The average Bonchev–Trinajstić information content (AvgIpc) is 2.86. The van der Waals surface area contributed by atoms with E-state index in [0.717, 1.165) is 0 Å². The van der Waals surface area contributed by atoms with Gasteiger partial charge in [0.05, 0.1) is 0 Å². The van der Waals surface area contributed by atoms with Gasteiger partial charge in [-0.2, -0.15) is 11.3 Å². The van der Waals surface area contributed by atoms with Crippen LogP contribution in [0.15, 0.2) is 27.3 Å². The molecule has 0 atom stereocenters. The summed E-state index contributed by atoms with van der Waals surface area (Å²) in [7, 11) is 0. The van der Waals surface area contributed by atoms with Crippen LogP contribution in [0.2, 0.25) is 0 Å². The number of ketones is 1. The highest BCUT2D eigenvalue weighted by atomic mass is 32.1. The SMILES string of the molecule is CC(=O)c1ccc(-c2cscc2C(F)F)o1. The van der Waals surface area contributed by atoms with E-state index in [9.17, 15) is 13.6 Å². The first-order valence-electron chi connectivity index (χ1n) is 4.55. The molecule has 0 spiro atoms. The second-order valence-electron chi connectivity index (χ2n) is 3.26. The van der Waals surface area contributed by atoms with Crippen LogP contribution in [-0.4, -0.2) is 5.78 Å². The Labute approximate surface area is 94.5 Å². The minimum Gasteiger partial charge on any atom is -0.453 e. The Morgan fingerprint density at radius 3 is 2.69 bits per heavy atom. The van der Waals surface area contributed by atoms with Crippen molar-refractivity contribution in [1.29, 1.82) is 0 Å². The number of hydrogen-bond donors (Lipinski definition) is 0. The molecule has 5 heteroatoms. The van der Waals surface area contributed by atoms with E-state index in [1.54, 1.807) is 5.38 Å². The first-order chi connectivity index (χ1) is 7.59. The van der Waals surface area contributed by atoms with Crippen molar-refractivity contribution in [3.8, 4) is 11.3 Å². The number of hydrogen-bond acceptors (Lipinski definition) is 3. The molecule has 2 rings (SSSR count). The van der Waals surface area contributed by atoms with Crippen LogP contribution >= 0.6 is 11.3 Å². The minimum absolute atomic E-state index is 0.0607. The summed E-state index contributed by atoms with van der Waals surface area (Å²) in [6, 6.07) is 3.02. The van der Waals surface area contributed by atoms with Crippen LogP contribution in [0, 0.1) is 0 Å². The molecular weight excluding hydrogens is 234 g/mol. The lowest BCUT2D eigenvalue weighted by Gasteiger charge is -1.99. The molecule has 2 aromatic heterocycles. The summed E-state index contributed by atoms with van der Waals surface area (Å²) >= 11 is 1.18. The van der Waals surface area contributed by atoms with Crippen LogP contribution in [-0.2, 0) is 0 Å². The zero-order valence-corrected chi connectivity index (χ0v) is 9.18. The smallest absolute Gasteiger partial charge is 0.265 e. The maximum absolute atomic E-state index is 12.6. The quantitative estimate of drug-likeness (QED) is 0.757. The van der Waals surface area contributed by atoms with Crippen LogP contribution in [0.5, 0.6) is 0 Å². The summed E-state index contributed by atoms with van der Waals surface area (Å²) in [6.07, 6.45) is -2.54.